The Labute approximate surface area is 665 Å². The number of aromatic nitrogens is 9. The maximum Gasteiger partial charge on any atom is 0.220 e. The van der Waals surface area contributed by atoms with Crippen LogP contribution in [0.4, 0.5) is 0 Å². The number of aliphatic hydroxyl groups is 6. The monoisotopic (exact) mass is 1650 g/mol. The molecule has 6 aliphatic rings. The molecule has 654 valence electrons. The van der Waals surface area contributed by atoms with Crippen LogP contribution in [0, 0.1) is 0 Å². The first kappa shape index (κ1) is 93.1. The number of nitrogens with zero attached hydrogens (tertiary/aromatic N) is 9. The summed E-state index contributed by atoms with van der Waals surface area (Å²) in [6, 6.07) is -2.71. The summed E-state index contributed by atoms with van der Waals surface area (Å²) in [5.41, 5.74) is 2.26. The lowest BCUT2D eigenvalue weighted by molar-refractivity contribution is -0.238. The molecule has 9 heterocycles. The van der Waals surface area contributed by atoms with Gasteiger partial charge in [0.25, 0.3) is 0 Å². The smallest absolute Gasteiger partial charge is 0.220 e. The van der Waals surface area contributed by atoms with Crippen molar-refractivity contribution < 1.29 is 149 Å². The minimum absolute atomic E-state index is 0.00981. The van der Waals surface area contributed by atoms with Gasteiger partial charge in [-0.2, -0.15) is 0 Å². The highest BCUT2D eigenvalue weighted by Gasteiger charge is 2.62. The van der Waals surface area contributed by atoms with E-state index in [1.54, 1.807) is 32.6 Å². The Morgan fingerprint density at radius 3 is 0.974 bits per heavy atom. The predicted molar refractivity (Wildman–Crippen MR) is 387 cm³/mol. The van der Waals surface area contributed by atoms with Gasteiger partial charge in [0.2, 0.25) is 23.6 Å². The van der Waals surface area contributed by atoms with Crippen molar-refractivity contribution in [1.82, 2.24) is 66.2 Å². The molecule has 9 rings (SSSR count). The number of rotatable bonds is 63. The van der Waals surface area contributed by atoms with E-state index in [0.717, 1.165) is 12.8 Å². The standard InChI is InChI=1S/C70H118N14O31/c1-48(85)72-55-58(89)61(92)68(45-110-64(55)113-68)42-104-30-27-101-24-21-98-18-15-95-12-9-82-33-51(76-79-82)36-107-39-67(75-54(88)7-5-4-6-8-71,40-108-37-52-34-83(80-77-52)10-13-96-16-19-99-22-25-102-28-31-105-43-69-46-111-65(114-69)56(73-49(2)86)59(90)62(69)93)41-109-38-53-35-84(81-78-53)11-14-97-17-20-100-23-26-103-29-32-106-44-70-47-112-66(115-70)57(74-50(3)87)60(91)63(70)94/h33-35,55-66,89-94H,4-32,36-47,71H2,1-3H3,(H,72,85)(H,73,86)(H,74,87)(H,75,88)/t55-,56-,57-,58-,59-,60-,61-,62-,63-,64-,65-,66+,68+,69+,70+/m1/s1. The molecule has 0 aliphatic carbocycles. The number of fused-ring (bicyclic) bond motifs is 6. The van der Waals surface area contributed by atoms with Crippen LogP contribution in [0.3, 0.4) is 0 Å². The third kappa shape index (κ3) is 29.5. The number of unbranched alkanes of at least 4 members (excludes halogenated alkanes) is 2. The average Bonchev–Trinajstić information content (AvgIpc) is 1.62. The third-order valence-electron chi connectivity index (χ3n) is 19.1. The molecule has 6 fully saturated rings. The number of hydrogen-bond acceptors (Lipinski definition) is 38. The quantitative estimate of drug-likeness (QED) is 0.0234. The van der Waals surface area contributed by atoms with Gasteiger partial charge in [0.1, 0.15) is 94.2 Å². The van der Waals surface area contributed by atoms with Crippen LogP contribution in [-0.2, 0) is 158 Å². The number of carbonyl (C=O) groups is 4. The van der Waals surface area contributed by atoms with Gasteiger partial charge in [0.15, 0.2) is 18.9 Å². The summed E-state index contributed by atoms with van der Waals surface area (Å²) in [6.45, 7) is 11.1. The second kappa shape index (κ2) is 49.0. The van der Waals surface area contributed by atoms with Crippen LogP contribution in [0.1, 0.15) is 63.5 Å². The van der Waals surface area contributed by atoms with E-state index in [1.807, 2.05) is 0 Å². The molecule has 12 N–H and O–H groups in total. The highest BCUT2D eigenvalue weighted by Crippen LogP contribution is 2.40. The van der Waals surface area contributed by atoms with Crippen LogP contribution in [0.2, 0.25) is 0 Å². The fraction of sp³-hybridized carbons (Fsp3) is 0.857. The molecular formula is C70H118N14O31. The van der Waals surface area contributed by atoms with Gasteiger partial charge in [0.05, 0.1) is 256 Å². The average molecular weight is 1650 g/mol. The molecule has 0 spiro atoms. The number of ether oxygens (including phenoxy) is 21. The van der Waals surface area contributed by atoms with E-state index >= 15 is 0 Å². The first-order chi connectivity index (χ1) is 55.7. The van der Waals surface area contributed by atoms with Gasteiger partial charge in [-0.1, -0.05) is 22.1 Å². The Kier molecular flexibility index (Phi) is 39.7. The largest absolute Gasteiger partial charge is 0.388 e. The summed E-state index contributed by atoms with van der Waals surface area (Å²) < 4.78 is 126. The van der Waals surface area contributed by atoms with Crippen molar-refractivity contribution in [3.63, 3.8) is 0 Å². The van der Waals surface area contributed by atoms with E-state index in [2.05, 4.69) is 52.2 Å². The zero-order valence-corrected chi connectivity index (χ0v) is 65.6. The van der Waals surface area contributed by atoms with Crippen molar-refractivity contribution in [3.05, 3.63) is 35.7 Å². The summed E-state index contributed by atoms with van der Waals surface area (Å²) in [7, 11) is 0. The van der Waals surface area contributed by atoms with Crippen molar-refractivity contribution in [2.75, 3.05) is 205 Å². The minimum Gasteiger partial charge on any atom is -0.388 e. The van der Waals surface area contributed by atoms with E-state index in [1.165, 1.54) is 20.8 Å². The molecule has 6 saturated heterocycles. The Balaban J connectivity index is 0.663. The maximum absolute atomic E-state index is 13.9. The lowest BCUT2D eigenvalue weighted by atomic mass is 9.88. The first-order valence-corrected chi connectivity index (χ1v) is 38.9. The normalized spacial score (nSPS) is 27.3. The number of carbonyl (C=O) groups excluding carboxylic acids is 4. The highest BCUT2D eigenvalue weighted by molar-refractivity contribution is 5.77. The van der Waals surface area contributed by atoms with Gasteiger partial charge in [-0.25, -0.2) is 14.0 Å². The lowest BCUT2D eigenvalue weighted by Crippen LogP contribution is -2.66. The second-order valence-corrected chi connectivity index (χ2v) is 28.6. The first-order valence-electron chi connectivity index (χ1n) is 38.9. The topological polar surface area (TPSA) is 550 Å². The molecule has 6 bridgehead atoms. The van der Waals surface area contributed by atoms with Gasteiger partial charge in [-0.3, -0.25) is 19.2 Å². The summed E-state index contributed by atoms with van der Waals surface area (Å²) in [4.78, 5) is 48.5. The minimum atomic E-state index is -1.34. The Morgan fingerprint density at radius 2 is 0.696 bits per heavy atom. The van der Waals surface area contributed by atoms with E-state index < -0.39 is 96.0 Å². The predicted octanol–water partition coefficient (Wildman–Crippen LogP) is -6.96. The Morgan fingerprint density at radius 1 is 0.417 bits per heavy atom. The molecule has 45 nitrogen and oxygen atoms in total. The van der Waals surface area contributed by atoms with E-state index in [0.29, 0.717) is 149 Å². The van der Waals surface area contributed by atoms with Crippen LogP contribution < -0.4 is 27.0 Å². The Hall–Kier alpha value is -5.82. The van der Waals surface area contributed by atoms with Gasteiger partial charge in [-0.15, -0.1) is 15.3 Å². The van der Waals surface area contributed by atoms with Crippen molar-refractivity contribution in [2.45, 2.75) is 182 Å². The van der Waals surface area contributed by atoms with E-state index in [-0.39, 0.29) is 149 Å². The van der Waals surface area contributed by atoms with Gasteiger partial charge in [0, 0.05) is 27.2 Å². The third-order valence-corrected chi connectivity index (χ3v) is 19.1. The molecular weight excluding hydrogens is 1530 g/mol. The SMILES string of the molecule is CC(=O)N[C@H]1[C@@H]2OC[C@](COCCOCCOCCOCCn3cc(COCC(COCc4cn(CCOCCOCCOCCOC[C@@]56CO[C@H](O5)[C@H](NC(C)=O)[C@@H](O)[C@H]6O)nn4)(COCc4cn(CCOCCOCCOCCOC[C@@]56CO[C@@H](O5)[C@H](NC(C)=O)[C@@H](O)[C@H]6O)nn4)NC(=O)CCCCCN)nn3)(O2)[C@H](O)[C@@H]1O. The molecule has 0 aromatic carbocycles. The van der Waals surface area contributed by atoms with Gasteiger partial charge in [-0.05, 0) is 19.4 Å². The van der Waals surface area contributed by atoms with Crippen LogP contribution in [0.25, 0.3) is 0 Å². The zero-order chi connectivity index (χ0) is 81.7. The molecule has 0 unspecified atom stereocenters. The molecule has 0 radical (unpaired) electrons. The molecule has 6 aliphatic heterocycles. The fourth-order valence-electron chi connectivity index (χ4n) is 13.2. The number of aliphatic hydroxyl groups excluding tert-OH is 6. The highest BCUT2D eigenvalue weighted by atomic mass is 16.8. The van der Waals surface area contributed by atoms with Crippen molar-refractivity contribution in [1.29, 1.82) is 0 Å². The number of nitrogens with one attached hydrogen (secondary N) is 4. The second-order valence-electron chi connectivity index (χ2n) is 28.6. The molecule has 3 aromatic rings. The van der Waals surface area contributed by atoms with Gasteiger partial charge < -0.3 is 157 Å². The van der Waals surface area contributed by atoms with Crippen LogP contribution in [0.15, 0.2) is 18.6 Å². The Bertz CT molecular complexity index is 2980. The van der Waals surface area contributed by atoms with Crippen molar-refractivity contribution in [3.8, 4) is 0 Å². The zero-order valence-electron chi connectivity index (χ0n) is 65.6. The molecule has 45 heteroatoms. The maximum atomic E-state index is 13.9. The number of nitrogens with two attached hydrogens (primary N) is 1. The summed E-state index contributed by atoms with van der Waals surface area (Å²) in [6.07, 6.45) is -3.10. The number of hydrogen-bond donors (Lipinski definition) is 11. The molecule has 0 saturated carbocycles. The molecule has 3 aromatic heterocycles. The summed E-state index contributed by atoms with van der Waals surface area (Å²) in [5.74, 6) is -1.42. The van der Waals surface area contributed by atoms with Crippen molar-refractivity contribution in [2.24, 2.45) is 5.73 Å². The van der Waals surface area contributed by atoms with Gasteiger partial charge >= 0.3 is 0 Å². The lowest BCUT2D eigenvalue weighted by Gasteiger charge is -2.42. The van der Waals surface area contributed by atoms with E-state index in [4.69, 9.17) is 105 Å². The fourth-order valence-corrected chi connectivity index (χ4v) is 13.2. The van der Waals surface area contributed by atoms with Crippen LogP contribution in [-0.4, -0.2) is 400 Å². The summed E-state index contributed by atoms with van der Waals surface area (Å²) in [5, 5.41) is 101. The van der Waals surface area contributed by atoms with Crippen LogP contribution in [0.5, 0.6) is 0 Å². The van der Waals surface area contributed by atoms with E-state index in [9.17, 15) is 49.8 Å². The number of amides is 4. The van der Waals surface area contributed by atoms with Crippen molar-refractivity contribution >= 4 is 23.6 Å². The molecule has 115 heavy (non-hydrogen) atoms. The molecule has 15 atom stereocenters. The summed E-state index contributed by atoms with van der Waals surface area (Å²) >= 11 is 0. The molecule has 4 amide bonds. The van der Waals surface area contributed by atoms with Crippen LogP contribution >= 0.6 is 0 Å².